The molecule has 0 aliphatic carbocycles. The number of hydrogen-bond acceptors (Lipinski definition) is 5. The number of benzene rings is 1. The molecule has 0 aliphatic rings. The summed E-state index contributed by atoms with van der Waals surface area (Å²) in [6.07, 6.45) is 2.86. The summed E-state index contributed by atoms with van der Waals surface area (Å²) < 4.78 is 21.1. The highest BCUT2D eigenvalue weighted by Crippen LogP contribution is 2.29. The fourth-order valence-corrected chi connectivity index (χ4v) is 1.83. The van der Waals surface area contributed by atoms with Crippen molar-refractivity contribution in [2.24, 2.45) is 0 Å². The zero-order valence-electron chi connectivity index (χ0n) is 8.41. The molecule has 0 spiro atoms. The van der Waals surface area contributed by atoms with Crippen molar-refractivity contribution in [1.82, 2.24) is 4.98 Å². The van der Waals surface area contributed by atoms with Crippen molar-refractivity contribution in [1.29, 1.82) is 0 Å². The molecule has 0 saturated carbocycles. The van der Waals surface area contributed by atoms with Crippen molar-refractivity contribution >= 4 is 11.1 Å². The Labute approximate surface area is 94.4 Å². The van der Waals surface area contributed by atoms with Gasteiger partial charge in [0, 0.05) is 0 Å². The Bertz CT molecular complexity index is 510. The van der Waals surface area contributed by atoms with E-state index < -0.39 is 11.1 Å². The summed E-state index contributed by atoms with van der Waals surface area (Å²) in [7, 11) is 1.34. The summed E-state index contributed by atoms with van der Waals surface area (Å²) >= 11 is -1.55. The van der Waals surface area contributed by atoms with E-state index in [0.717, 1.165) is 0 Å². The summed E-state index contributed by atoms with van der Waals surface area (Å²) in [6, 6.07) is 4.45. The van der Waals surface area contributed by atoms with E-state index in [-0.39, 0.29) is 11.6 Å². The van der Waals surface area contributed by atoms with Gasteiger partial charge in [-0.05, 0) is 18.2 Å². The van der Waals surface area contributed by atoms with Crippen LogP contribution in [0.5, 0.6) is 5.75 Å². The predicted octanol–water partition coefficient (Wildman–Crippen LogP) is 1.72. The normalized spacial score (nSPS) is 12.6. The second-order valence-corrected chi connectivity index (χ2v) is 4.19. The lowest BCUT2D eigenvalue weighted by atomic mass is 10.2. The zero-order valence-corrected chi connectivity index (χ0v) is 9.23. The van der Waals surface area contributed by atoms with Gasteiger partial charge in [-0.1, -0.05) is 0 Å². The number of rotatable bonds is 3. The third-order valence-corrected chi connectivity index (χ3v) is 2.92. The Morgan fingerprint density at radius 1 is 1.50 bits per heavy atom. The molecule has 2 aromatic rings. The van der Waals surface area contributed by atoms with E-state index in [1.54, 1.807) is 0 Å². The molecule has 0 amide bonds. The van der Waals surface area contributed by atoms with Crippen LogP contribution in [-0.2, 0) is 15.3 Å². The lowest BCUT2D eigenvalue weighted by Crippen LogP contribution is -1.93. The lowest BCUT2D eigenvalue weighted by molar-refractivity contribution is 0.445. The van der Waals surface area contributed by atoms with Crippen LogP contribution in [0.25, 0.3) is 11.5 Å². The Hall–Kier alpha value is -1.66. The third-order valence-electron chi connectivity index (χ3n) is 1.97. The molecule has 1 N–H and O–H groups in total. The Morgan fingerprint density at radius 2 is 2.31 bits per heavy atom. The number of phenolic OH excluding ortho intramolecular Hbond substituents is 1. The van der Waals surface area contributed by atoms with E-state index in [0.29, 0.717) is 10.5 Å². The van der Waals surface area contributed by atoms with Crippen LogP contribution in [0, 0.1) is 0 Å². The van der Waals surface area contributed by atoms with Crippen LogP contribution in [0.4, 0.5) is 0 Å². The van der Waals surface area contributed by atoms with Crippen LogP contribution in [-0.4, -0.2) is 21.4 Å². The molecule has 5 nitrogen and oxygen atoms in total. The summed E-state index contributed by atoms with van der Waals surface area (Å²) in [5, 5.41) is 9.62. The van der Waals surface area contributed by atoms with Gasteiger partial charge in [0.05, 0.1) is 23.8 Å². The summed E-state index contributed by atoms with van der Waals surface area (Å²) in [5.74, 6) is 0.284. The van der Waals surface area contributed by atoms with Gasteiger partial charge in [0.25, 0.3) is 0 Å². The predicted molar refractivity (Wildman–Crippen MR) is 57.0 cm³/mol. The molecule has 84 valence electrons. The lowest BCUT2D eigenvalue weighted by Gasteiger charge is -2.03. The maximum absolute atomic E-state index is 11.4. The summed E-state index contributed by atoms with van der Waals surface area (Å²) in [5.41, 5.74) is 0.382. The van der Waals surface area contributed by atoms with Gasteiger partial charge in [0.1, 0.15) is 12.0 Å². The molecule has 0 bridgehead atoms. The maximum atomic E-state index is 11.4. The van der Waals surface area contributed by atoms with Crippen molar-refractivity contribution in [2.75, 3.05) is 7.11 Å². The molecule has 0 aliphatic heterocycles. The first-order chi connectivity index (χ1) is 7.72. The van der Waals surface area contributed by atoms with E-state index in [1.807, 2.05) is 0 Å². The van der Waals surface area contributed by atoms with Gasteiger partial charge in [-0.15, -0.1) is 0 Å². The van der Waals surface area contributed by atoms with Crippen molar-refractivity contribution in [2.45, 2.75) is 4.90 Å². The Morgan fingerprint density at radius 3 is 2.94 bits per heavy atom. The standard InChI is InChI=1S/C10H9NO4S/c1-14-16(13)7-2-3-9(12)8(6-7)10-11-4-5-15-10/h2-6,12H,1H3. The van der Waals surface area contributed by atoms with Gasteiger partial charge in [0.2, 0.25) is 5.89 Å². The fourth-order valence-electron chi connectivity index (χ4n) is 1.24. The highest BCUT2D eigenvalue weighted by atomic mass is 32.2. The molecular formula is C10H9NO4S. The average molecular weight is 239 g/mol. The van der Waals surface area contributed by atoms with Crippen molar-refractivity contribution in [3.63, 3.8) is 0 Å². The first kappa shape index (κ1) is 10.8. The smallest absolute Gasteiger partial charge is 0.229 e. The van der Waals surface area contributed by atoms with E-state index in [9.17, 15) is 9.32 Å². The molecule has 1 aromatic heterocycles. The third kappa shape index (κ3) is 1.98. The van der Waals surface area contributed by atoms with Gasteiger partial charge in [-0.3, -0.25) is 4.18 Å². The summed E-state index contributed by atoms with van der Waals surface area (Å²) in [4.78, 5) is 4.35. The molecule has 0 radical (unpaired) electrons. The molecule has 2 rings (SSSR count). The molecule has 6 heteroatoms. The van der Waals surface area contributed by atoms with Gasteiger partial charge in [-0.2, -0.15) is 0 Å². The quantitative estimate of drug-likeness (QED) is 0.882. The largest absolute Gasteiger partial charge is 0.507 e. The molecule has 16 heavy (non-hydrogen) atoms. The highest BCUT2D eigenvalue weighted by molar-refractivity contribution is 7.80. The minimum absolute atomic E-state index is 0.0132. The highest BCUT2D eigenvalue weighted by Gasteiger charge is 2.12. The average Bonchev–Trinajstić information content (AvgIpc) is 2.82. The minimum Gasteiger partial charge on any atom is -0.507 e. The van der Waals surface area contributed by atoms with Gasteiger partial charge < -0.3 is 9.52 Å². The molecule has 0 fully saturated rings. The zero-order chi connectivity index (χ0) is 11.5. The number of phenols is 1. The van der Waals surface area contributed by atoms with Crippen LogP contribution in [0.2, 0.25) is 0 Å². The maximum Gasteiger partial charge on any atom is 0.229 e. The van der Waals surface area contributed by atoms with Crippen LogP contribution in [0.1, 0.15) is 0 Å². The first-order valence-electron chi connectivity index (χ1n) is 4.41. The number of oxazole rings is 1. The van der Waals surface area contributed by atoms with Gasteiger partial charge in [0.15, 0.2) is 11.1 Å². The molecule has 1 heterocycles. The second kappa shape index (κ2) is 4.46. The Kier molecular flexibility index (Phi) is 3.02. The molecule has 1 unspecified atom stereocenters. The van der Waals surface area contributed by atoms with E-state index in [2.05, 4.69) is 9.17 Å². The topological polar surface area (TPSA) is 72.6 Å². The number of aromatic hydroxyl groups is 1. The number of aromatic nitrogens is 1. The van der Waals surface area contributed by atoms with Gasteiger partial charge in [-0.25, -0.2) is 9.19 Å². The Balaban J connectivity index is 2.49. The van der Waals surface area contributed by atoms with Crippen molar-refractivity contribution in [3.05, 3.63) is 30.7 Å². The van der Waals surface area contributed by atoms with Crippen molar-refractivity contribution in [3.8, 4) is 17.2 Å². The first-order valence-corrected chi connectivity index (χ1v) is 5.49. The van der Waals surface area contributed by atoms with Gasteiger partial charge >= 0.3 is 0 Å². The van der Waals surface area contributed by atoms with E-state index in [4.69, 9.17) is 4.42 Å². The molecule has 0 saturated heterocycles. The van der Waals surface area contributed by atoms with Crippen LogP contribution >= 0.6 is 0 Å². The van der Waals surface area contributed by atoms with Crippen LogP contribution in [0.15, 0.2) is 40.0 Å². The monoisotopic (exact) mass is 239 g/mol. The summed E-state index contributed by atoms with van der Waals surface area (Å²) in [6.45, 7) is 0. The number of hydrogen-bond donors (Lipinski definition) is 1. The van der Waals surface area contributed by atoms with E-state index in [1.165, 1.54) is 37.8 Å². The molecule has 1 atom stereocenters. The molecule has 1 aromatic carbocycles. The fraction of sp³-hybridized carbons (Fsp3) is 0.100. The van der Waals surface area contributed by atoms with Crippen molar-refractivity contribution < 1.29 is 17.9 Å². The van der Waals surface area contributed by atoms with Crippen LogP contribution in [0.3, 0.4) is 0 Å². The van der Waals surface area contributed by atoms with E-state index >= 15 is 0 Å². The second-order valence-electron chi connectivity index (χ2n) is 2.92. The molecular weight excluding hydrogens is 230 g/mol. The SMILES string of the molecule is COS(=O)c1ccc(O)c(-c2ncco2)c1. The minimum atomic E-state index is -1.55. The van der Waals surface area contributed by atoms with Crippen LogP contribution < -0.4 is 0 Å². The number of nitrogens with zero attached hydrogens (tertiary/aromatic N) is 1.